The van der Waals surface area contributed by atoms with Crippen LogP contribution in [0.1, 0.15) is 3.58 Å². The van der Waals surface area contributed by atoms with Gasteiger partial charge in [0.2, 0.25) is 0 Å². The van der Waals surface area contributed by atoms with Crippen LogP contribution < -0.4 is 5.43 Å². The van der Waals surface area contributed by atoms with E-state index in [4.69, 9.17) is 0 Å². The normalized spacial score (nSPS) is 10.4. The number of hydrogen-bond donors (Lipinski definition) is 0. The molecule has 2 aromatic rings. The van der Waals surface area contributed by atoms with Crippen molar-refractivity contribution < 1.29 is 0 Å². The van der Waals surface area contributed by atoms with Gasteiger partial charge >= 0.3 is 80.3 Å². The molecule has 12 heavy (non-hydrogen) atoms. The van der Waals surface area contributed by atoms with E-state index in [2.05, 4.69) is 13.0 Å². The van der Waals surface area contributed by atoms with Gasteiger partial charge in [-0.05, 0) is 0 Å². The van der Waals surface area contributed by atoms with Crippen molar-refractivity contribution in [3.8, 4) is 0 Å². The van der Waals surface area contributed by atoms with Gasteiger partial charge in [0.05, 0.1) is 0 Å². The molecule has 0 saturated carbocycles. The second-order valence-electron chi connectivity index (χ2n) is 2.72. The van der Waals surface area contributed by atoms with Crippen molar-refractivity contribution in [2.24, 2.45) is 0 Å². The van der Waals surface area contributed by atoms with E-state index in [1.807, 2.05) is 18.2 Å². The fraction of sp³-hybridized carbons (Fsp3) is 0.100. The maximum absolute atomic E-state index is 11.4. The molecule has 0 spiro atoms. The first-order valence-electron chi connectivity index (χ1n) is 3.77. The van der Waals surface area contributed by atoms with Gasteiger partial charge in [-0.25, -0.2) is 0 Å². The summed E-state index contributed by atoms with van der Waals surface area (Å²) in [5.41, 5.74) is 0.180. The van der Waals surface area contributed by atoms with E-state index in [0.717, 1.165) is 5.39 Å². The molecule has 0 aliphatic rings. The van der Waals surface area contributed by atoms with E-state index in [0.29, 0.717) is 0 Å². The van der Waals surface area contributed by atoms with E-state index in [1.165, 1.54) is 6.98 Å². The molecule has 0 N–H and O–H groups in total. The molecular formula is C10H8OTe. The van der Waals surface area contributed by atoms with Gasteiger partial charge in [-0.1, -0.05) is 0 Å². The average Bonchev–Trinajstić information content (AvgIpc) is 2.04. The summed E-state index contributed by atoms with van der Waals surface area (Å²) in [7, 11) is 0. The first kappa shape index (κ1) is 8.04. The third-order valence-corrected chi connectivity index (χ3v) is 4.66. The van der Waals surface area contributed by atoms with E-state index in [-0.39, 0.29) is 25.9 Å². The van der Waals surface area contributed by atoms with Crippen LogP contribution in [0.15, 0.2) is 35.1 Å². The molecule has 0 bridgehead atoms. The van der Waals surface area contributed by atoms with Gasteiger partial charge in [0.25, 0.3) is 0 Å². The second-order valence-corrected chi connectivity index (χ2v) is 6.39. The summed E-state index contributed by atoms with van der Waals surface area (Å²) in [6.07, 6.45) is 0. The molecule has 0 amide bonds. The van der Waals surface area contributed by atoms with Crippen LogP contribution in [0, 0.1) is 6.92 Å². The topological polar surface area (TPSA) is 17.1 Å². The van der Waals surface area contributed by atoms with Crippen molar-refractivity contribution in [1.29, 1.82) is 0 Å². The molecule has 1 nitrogen and oxygen atoms in total. The van der Waals surface area contributed by atoms with Gasteiger partial charge < -0.3 is 0 Å². The minimum absolute atomic E-state index is 0.180. The molecule has 60 valence electrons. The number of hydrogen-bond acceptors (Lipinski definition) is 1. The van der Waals surface area contributed by atoms with E-state index < -0.39 is 0 Å². The average molecular weight is 272 g/mol. The molecule has 1 aromatic carbocycles. The van der Waals surface area contributed by atoms with Crippen molar-refractivity contribution in [2.45, 2.75) is 6.92 Å². The Morgan fingerprint density at radius 3 is 2.83 bits per heavy atom. The predicted octanol–water partition coefficient (Wildman–Crippen LogP) is 1.57. The van der Waals surface area contributed by atoms with Gasteiger partial charge in [-0.2, -0.15) is 0 Å². The van der Waals surface area contributed by atoms with E-state index in [9.17, 15) is 4.79 Å². The Balaban J connectivity index is 2.99. The van der Waals surface area contributed by atoms with Crippen LogP contribution in [0.2, 0.25) is 0 Å². The molecule has 2 heteroatoms. The predicted molar refractivity (Wildman–Crippen MR) is 51.9 cm³/mol. The van der Waals surface area contributed by atoms with Crippen LogP contribution in [0.4, 0.5) is 0 Å². The van der Waals surface area contributed by atoms with Crippen LogP contribution in [0.3, 0.4) is 0 Å². The summed E-state index contributed by atoms with van der Waals surface area (Å²) >= 11 is -0.232. The van der Waals surface area contributed by atoms with Gasteiger partial charge in [0.1, 0.15) is 0 Å². The Bertz CT molecular complexity index is 470. The van der Waals surface area contributed by atoms with Crippen molar-refractivity contribution in [3.63, 3.8) is 0 Å². The molecule has 1 heterocycles. The zero-order chi connectivity index (χ0) is 8.55. The molecule has 0 atom stereocenters. The SMILES string of the molecule is Cc1cc(=O)c2ccccc2[te]1. The fourth-order valence-electron chi connectivity index (χ4n) is 1.22. The Labute approximate surface area is 80.3 Å². The Morgan fingerprint density at radius 2 is 2.00 bits per heavy atom. The van der Waals surface area contributed by atoms with E-state index in [1.54, 1.807) is 6.07 Å². The van der Waals surface area contributed by atoms with Crippen molar-refractivity contribution in [3.05, 3.63) is 44.1 Å². The summed E-state index contributed by atoms with van der Waals surface area (Å²) in [6.45, 7) is 2.05. The molecule has 1 aromatic heterocycles. The summed E-state index contributed by atoms with van der Waals surface area (Å²) in [6, 6.07) is 9.72. The monoisotopic (exact) mass is 274 g/mol. The Hall–Kier alpha value is -0.580. The van der Waals surface area contributed by atoms with Gasteiger partial charge in [-0.3, -0.25) is 0 Å². The first-order chi connectivity index (χ1) is 5.77. The van der Waals surface area contributed by atoms with Gasteiger partial charge in [0, 0.05) is 0 Å². The Kier molecular flexibility index (Phi) is 2.04. The van der Waals surface area contributed by atoms with Crippen LogP contribution in [0.5, 0.6) is 0 Å². The molecular weight excluding hydrogens is 264 g/mol. The summed E-state index contributed by atoms with van der Waals surface area (Å²) < 4.78 is 2.57. The van der Waals surface area contributed by atoms with Crippen LogP contribution in [0.25, 0.3) is 8.79 Å². The standard InChI is InChI=1S/C10H8OTe/c1-7-6-9(11)8-4-2-3-5-10(8)12-7/h2-6H,1H3. The van der Waals surface area contributed by atoms with Gasteiger partial charge in [-0.15, -0.1) is 0 Å². The van der Waals surface area contributed by atoms with Gasteiger partial charge in [0.15, 0.2) is 0 Å². The Morgan fingerprint density at radius 1 is 1.25 bits per heavy atom. The summed E-state index contributed by atoms with van der Waals surface area (Å²) in [4.78, 5) is 11.4. The molecule has 0 aliphatic carbocycles. The molecule has 0 fully saturated rings. The van der Waals surface area contributed by atoms with Crippen molar-refractivity contribution in [1.82, 2.24) is 0 Å². The van der Waals surface area contributed by atoms with Crippen molar-refractivity contribution in [2.75, 3.05) is 0 Å². The third-order valence-electron chi connectivity index (χ3n) is 1.76. The molecule has 0 radical (unpaired) electrons. The third kappa shape index (κ3) is 1.33. The zero-order valence-electron chi connectivity index (χ0n) is 6.70. The van der Waals surface area contributed by atoms with Crippen LogP contribution in [-0.4, -0.2) is 20.4 Å². The van der Waals surface area contributed by atoms with Crippen LogP contribution >= 0.6 is 0 Å². The van der Waals surface area contributed by atoms with Crippen LogP contribution in [-0.2, 0) is 0 Å². The van der Waals surface area contributed by atoms with Crippen molar-refractivity contribution >= 4 is 29.2 Å². The number of rotatable bonds is 0. The molecule has 0 aliphatic heterocycles. The van der Waals surface area contributed by atoms with E-state index >= 15 is 0 Å². The first-order valence-corrected chi connectivity index (χ1v) is 6.10. The summed E-state index contributed by atoms with van der Waals surface area (Å²) in [5, 5.41) is 0.922. The molecule has 2 rings (SSSR count). The zero-order valence-corrected chi connectivity index (χ0v) is 9.03. The molecule has 0 saturated heterocycles. The number of fused-ring (bicyclic) bond motifs is 1. The molecule has 0 unspecified atom stereocenters. The second kappa shape index (κ2) is 3.05. The quantitative estimate of drug-likeness (QED) is 0.665. The maximum atomic E-state index is 11.4. The summed E-state index contributed by atoms with van der Waals surface area (Å²) in [5.74, 6) is 0. The number of benzene rings is 1. The fourth-order valence-corrected chi connectivity index (χ4v) is 3.90. The number of aryl methyl sites for hydroxylation is 1. The minimum atomic E-state index is -0.232.